The standard InChI is InChI=1S/C12H18N2O.CH3NO.HNO/c1-4-8(2)14-12(15)10-6-5-7-11(13)9(10)3;2-1-3;1-2/h5-8H,4,13H2,1-3H3,(H,14,15);1H,(H2,2,3);1H. The zero-order valence-corrected chi connectivity index (χ0v) is 12.0. The Labute approximate surface area is 118 Å². The summed E-state index contributed by atoms with van der Waals surface area (Å²) in [5, 5.41) is 2.92. The minimum atomic E-state index is -0.0471. The molecule has 20 heavy (non-hydrogen) atoms. The van der Waals surface area contributed by atoms with Crippen molar-refractivity contribution in [3.8, 4) is 0 Å². The van der Waals surface area contributed by atoms with Crippen molar-refractivity contribution >= 4 is 18.0 Å². The molecular weight excluding hydrogens is 260 g/mol. The average molecular weight is 282 g/mol. The highest BCUT2D eigenvalue weighted by atomic mass is 16.2. The van der Waals surface area contributed by atoms with Crippen LogP contribution in [0.4, 0.5) is 5.69 Å². The van der Waals surface area contributed by atoms with Crippen LogP contribution in [0.3, 0.4) is 0 Å². The smallest absolute Gasteiger partial charge is 0.251 e. The van der Waals surface area contributed by atoms with Crippen LogP contribution < -0.4 is 16.8 Å². The third-order valence-corrected chi connectivity index (χ3v) is 2.61. The molecule has 0 aromatic heterocycles. The maximum Gasteiger partial charge on any atom is 0.251 e. The summed E-state index contributed by atoms with van der Waals surface area (Å²) in [6.45, 7) is 5.89. The molecule has 0 aliphatic heterocycles. The lowest BCUT2D eigenvalue weighted by Crippen LogP contribution is -2.32. The predicted octanol–water partition coefficient (Wildman–Crippen LogP) is 1.54. The number of hydrogen-bond acceptors (Lipinski definition) is 5. The van der Waals surface area contributed by atoms with Gasteiger partial charge in [0.1, 0.15) is 0 Å². The molecule has 1 unspecified atom stereocenters. The number of nitrogens with two attached hydrogens (primary N) is 2. The van der Waals surface area contributed by atoms with Crippen LogP contribution >= 0.6 is 0 Å². The van der Waals surface area contributed by atoms with Gasteiger partial charge in [-0.25, -0.2) is 0 Å². The zero-order valence-electron chi connectivity index (χ0n) is 12.0. The maximum atomic E-state index is 11.8. The number of primary amides is 1. The first-order valence-electron chi connectivity index (χ1n) is 5.99. The second-order valence-corrected chi connectivity index (χ2v) is 3.94. The van der Waals surface area contributed by atoms with Crippen molar-refractivity contribution in [2.45, 2.75) is 33.2 Å². The first-order valence-corrected chi connectivity index (χ1v) is 5.99. The number of amides is 2. The van der Waals surface area contributed by atoms with E-state index in [2.05, 4.69) is 16.6 Å². The van der Waals surface area contributed by atoms with Crippen LogP contribution in [0.15, 0.2) is 18.2 Å². The Kier molecular flexibility index (Phi) is 11.6. The van der Waals surface area contributed by atoms with E-state index in [0.717, 1.165) is 12.0 Å². The van der Waals surface area contributed by atoms with Crippen molar-refractivity contribution in [3.05, 3.63) is 34.2 Å². The minimum absolute atomic E-state index is 0.0471. The summed E-state index contributed by atoms with van der Waals surface area (Å²) in [5.74, 6) is -0.0471. The van der Waals surface area contributed by atoms with Gasteiger partial charge < -0.3 is 16.8 Å². The summed E-state index contributed by atoms with van der Waals surface area (Å²) in [7, 11) is 0. The fourth-order valence-electron chi connectivity index (χ4n) is 1.30. The van der Waals surface area contributed by atoms with Gasteiger partial charge in [0.25, 0.3) is 5.91 Å². The Morgan fingerprint density at radius 1 is 1.45 bits per heavy atom. The molecule has 0 heterocycles. The van der Waals surface area contributed by atoms with Crippen molar-refractivity contribution < 1.29 is 9.59 Å². The van der Waals surface area contributed by atoms with Crippen LogP contribution in [-0.2, 0) is 4.79 Å². The van der Waals surface area contributed by atoms with E-state index in [-0.39, 0.29) is 18.4 Å². The number of carbonyl (C=O) groups is 2. The molecule has 0 saturated heterocycles. The van der Waals surface area contributed by atoms with Crippen LogP contribution in [0.5, 0.6) is 0 Å². The molecule has 0 aliphatic rings. The normalized spacial score (nSPS) is 9.95. The molecule has 0 radical (unpaired) electrons. The van der Waals surface area contributed by atoms with E-state index in [0.29, 0.717) is 11.3 Å². The molecular formula is C13H22N4O3. The largest absolute Gasteiger partial charge is 0.398 e. The lowest BCUT2D eigenvalue weighted by molar-refractivity contribution is -0.106. The summed E-state index contributed by atoms with van der Waals surface area (Å²) in [4.78, 5) is 27.9. The van der Waals surface area contributed by atoms with Gasteiger partial charge in [-0.3, -0.25) is 9.59 Å². The van der Waals surface area contributed by atoms with Crippen molar-refractivity contribution in [2.75, 3.05) is 5.73 Å². The quantitative estimate of drug-likeness (QED) is 0.379. The Morgan fingerprint density at radius 3 is 2.40 bits per heavy atom. The molecule has 7 heteroatoms. The zero-order chi connectivity index (χ0) is 16.1. The molecule has 7 nitrogen and oxygen atoms in total. The van der Waals surface area contributed by atoms with E-state index in [4.69, 9.17) is 15.4 Å². The second kappa shape index (κ2) is 11.6. The van der Waals surface area contributed by atoms with Crippen molar-refractivity contribution in [1.29, 1.82) is 5.59 Å². The van der Waals surface area contributed by atoms with Gasteiger partial charge in [0.2, 0.25) is 6.41 Å². The fraction of sp³-hybridized carbons (Fsp3) is 0.385. The van der Waals surface area contributed by atoms with Gasteiger partial charge in [-0.15, -0.1) is 0 Å². The first-order chi connectivity index (χ1) is 9.47. The third-order valence-electron chi connectivity index (χ3n) is 2.61. The maximum absolute atomic E-state index is 11.8. The highest BCUT2D eigenvalue weighted by Crippen LogP contribution is 2.15. The summed E-state index contributed by atoms with van der Waals surface area (Å²) in [5.41, 5.74) is 16.6. The molecule has 112 valence electrons. The average Bonchev–Trinajstić information content (AvgIpc) is 2.44. The van der Waals surface area contributed by atoms with Crippen molar-refractivity contribution in [1.82, 2.24) is 5.32 Å². The van der Waals surface area contributed by atoms with Gasteiger partial charge in [-0.1, -0.05) is 18.6 Å². The molecule has 0 aliphatic carbocycles. The molecule has 0 spiro atoms. The minimum Gasteiger partial charge on any atom is -0.398 e. The Balaban J connectivity index is 0. The van der Waals surface area contributed by atoms with Crippen molar-refractivity contribution in [2.24, 2.45) is 5.73 Å². The van der Waals surface area contributed by atoms with Gasteiger partial charge in [0.15, 0.2) is 0 Å². The molecule has 1 aromatic carbocycles. The molecule has 0 fully saturated rings. The van der Waals surface area contributed by atoms with Crippen LogP contribution in [0.25, 0.3) is 0 Å². The van der Waals surface area contributed by atoms with E-state index in [1.807, 2.05) is 20.8 Å². The monoisotopic (exact) mass is 282 g/mol. The van der Waals surface area contributed by atoms with Gasteiger partial charge in [0.05, 0.1) is 0 Å². The summed E-state index contributed by atoms with van der Waals surface area (Å²) >= 11 is 0. The second-order valence-electron chi connectivity index (χ2n) is 3.94. The lowest BCUT2D eigenvalue weighted by atomic mass is 10.1. The Hall–Kier alpha value is -2.44. The summed E-state index contributed by atoms with van der Waals surface area (Å²) in [6.07, 6.45) is 1.17. The van der Waals surface area contributed by atoms with Gasteiger partial charge in [-0.05, 0) is 38.0 Å². The molecule has 6 N–H and O–H groups in total. The van der Waals surface area contributed by atoms with Crippen LogP contribution in [-0.4, -0.2) is 18.4 Å². The number of benzene rings is 1. The highest BCUT2D eigenvalue weighted by Gasteiger charge is 2.11. The number of anilines is 1. The van der Waals surface area contributed by atoms with E-state index >= 15 is 0 Å². The first kappa shape index (κ1) is 19.9. The number of nitrogens with one attached hydrogen (secondary N) is 2. The molecule has 1 rings (SSSR count). The number of nitrogen functional groups attached to an aromatic ring is 1. The number of rotatable bonds is 3. The van der Waals surface area contributed by atoms with E-state index in [9.17, 15) is 4.79 Å². The topological polar surface area (TPSA) is 139 Å². The summed E-state index contributed by atoms with van der Waals surface area (Å²) in [6, 6.07) is 5.59. The van der Waals surface area contributed by atoms with E-state index in [1.165, 1.54) is 0 Å². The molecule has 0 saturated carbocycles. The van der Waals surface area contributed by atoms with Crippen LogP contribution in [0.2, 0.25) is 0 Å². The van der Waals surface area contributed by atoms with Gasteiger partial charge >= 0.3 is 0 Å². The predicted molar refractivity (Wildman–Crippen MR) is 79.1 cm³/mol. The Bertz CT molecular complexity index is 424. The van der Waals surface area contributed by atoms with Gasteiger partial charge in [-0.2, -0.15) is 4.91 Å². The van der Waals surface area contributed by atoms with Gasteiger partial charge in [0, 0.05) is 17.3 Å². The highest BCUT2D eigenvalue weighted by molar-refractivity contribution is 5.97. The molecule has 0 bridgehead atoms. The number of hydrogen-bond donors (Lipinski definition) is 4. The number of nitroso groups, excluding NO2 is 1. The van der Waals surface area contributed by atoms with E-state index < -0.39 is 0 Å². The van der Waals surface area contributed by atoms with Crippen molar-refractivity contribution in [3.63, 3.8) is 0 Å². The molecule has 1 atom stereocenters. The number of carbonyl (C=O) groups excluding carboxylic acids is 2. The lowest BCUT2D eigenvalue weighted by Gasteiger charge is -2.13. The third kappa shape index (κ3) is 7.10. The molecule has 2 amide bonds. The van der Waals surface area contributed by atoms with E-state index in [1.54, 1.807) is 18.2 Å². The molecule has 1 aromatic rings. The summed E-state index contributed by atoms with van der Waals surface area (Å²) < 4.78 is 0. The van der Waals surface area contributed by atoms with Crippen LogP contribution in [0, 0.1) is 17.4 Å². The SMILES string of the molecule is CCC(C)NC(=O)c1cccc(N)c1C.N=O.NC=O. The fourth-order valence-corrected chi connectivity index (χ4v) is 1.30. The van der Waals surface area contributed by atoms with Crippen LogP contribution in [0.1, 0.15) is 36.2 Å². The Morgan fingerprint density at radius 2 is 1.95 bits per heavy atom.